The number of nitrogens with zero attached hydrogens (tertiary/aromatic N) is 4. The number of hydrogen-bond donors (Lipinski definition) is 1. The smallest absolute Gasteiger partial charge is 0.266 e. The predicted molar refractivity (Wildman–Crippen MR) is 96.4 cm³/mol. The minimum atomic E-state index is -0.536. The first-order chi connectivity index (χ1) is 13.2. The summed E-state index contributed by atoms with van der Waals surface area (Å²) in [5.41, 5.74) is 5.16. The van der Waals surface area contributed by atoms with Gasteiger partial charge in [-0.05, 0) is 36.4 Å². The fourth-order valence-corrected chi connectivity index (χ4v) is 3.52. The topological polar surface area (TPSA) is 74.0 Å². The fraction of sp³-hybridized carbons (Fsp3) is 0.105. The van der Waals surface area contributed by atoms with E-state index in [0.29, 0.717) is 28.0 Å². The molecule has 0 fully saturated rings. The van der Waals surface area contributed by atoms with E-state index in [1.54, 1.807) is 36.9 Å². The third-order valence-electron chi connectivity index (χ3n) is 4.72. The van der Waals surface area contributed by atoms with E-state index in [-0.39, 0.29) is 11.4 Å². The summed E-state index contributed by atoms with van der Waals surface area (Å²) in [5, 5.41) is 0.471. The second-order valence-corrected chi connectivity index (χ2v) is 6.24. The van der Waals surface area contributed by atoms with Crippen molar-refractivity contribution < 1.29 is 9.23 Å². The van der Waals surface area contributed by atoms with Crippen LogP contribution in [0.2, 0.25) is 0 Å². The largest absolute Gasteiger partial charge is 0.306 e. The lowest BCUT2D eigenvalue weighted by molar-refractivity contribution is 0.0707. The summed E-state index contributed by atoms with van der Waals surface area (Å²) < 4.78 is 17.1. The maximum atomic E-state index is 13.8. The molecule has 1 N–H and O–H groups in total. The minimum Gasteiger partial charge on any atom is -0.306 e. The van der Waals surface area contributed by atoms with Crippen LogP contribution in [-0.2, 0) is 4.84 Å². The van der Waals surface area contributed by atoms with E-state index in [1.165, 1.54) is 23.8 Å². The first-order valence-corrected chi connectivity index (χ1v) is 8.31. The molecule has 0 radical (unpaired) electrons. The minimum absolute atomic E-state index is 0.217. The number of imidazole rings is 1. The van der Waals surface area contributed by atoms with E-state index in [4.69, 9.17) is 4.84 Å². The molecule has 1 unspecified atom stereocenters. The second kappa shape index (κ2) is 5.83. The van der Waals surface area contributed by atoms with Crippen molar-refractivity contribution >= 4 is 10.9 Å². The highest BCUT2D eigenvalue weighted by Crippen LogP contribution is 2.35. The number of fused-ring (bicyclic) bond motifs is 4. The summed E-state index contributed by atoms with van der Waals surface area (Å²) in [6.07, 6.45) is 5.14. The molecule has 3 heterocycles. The number of hydrogen-bond acceptors (Lipinski definition) is 5. The molecule has 0 saturated carbocycles. The summed E-state index contributed by atoms with van der Waals surface area (Å²) in [6, 6.07) is 9.21. The number of nitrogens with one attached hydrogen (secondary N) is 1. The van der Waals surface area contributed by atoms with Gasteiger partial charge in [0.15, 0.2) is 0 Å². The van der Waals surface area contributed by atoms with Gasteiger partial charge in [-0.3, -0.25) is 9.36 Å². The molecule has 2 aromatic carbocycles. The fourth-order valence-electron chi connectivity index (χ4n) is 3.52. The number of benzene rings is 2. The van der Waals surface area contributed by atoms with E-state index in [1.807, 2.05) is 10.6 Å². The SMILES string of the molecule is CONC1c2cc(F)ccc2-n2c1nc1ccc(-n3ccnc3)cc1c2=O. The van der Waals surface area contributed by atoms with Crippen molar-refractivity contribution in [1.29, 1.82) is 0 Å². The maximum absolute atomic E-state index is 13.8. The van der Waals surface area contributed by atoms with E-state index >= 15 is 0 Å². The van der Waals surface area contributed by atoms with Crippen LogP contribution in [0.25, 0.3) is 22.3 Å². The molecule has 1 atom stereocenters. The zero-order valence-corrected chi connectivity index (χ0v) is 14.3. The lowest BCUT2D eigenvalue weighted by Gasteiger charge is -2.12. The molecule has 5 rings (SSSR count). The van der Waals surface area contributed by atoms with Crippen molar-refractivity contribution in [2.24, 2.45) is 0 Å². The van der Waals surface area contributed by atoms with Gasteiger partial charge in [0, 0.05) is 23.6 Å². The quantitative estimate of drug-likeness (QED) is 0.565. The van der Waals surface area contributed by atoms with Crippen LogP contribution in [0.4, 0.5) is 4.39 Å². The normalized spacial score (nSPS) is 15.1. The van der Waals surface area contributed by atoms with Crippen molar-refractivity contribution in [3.63, 3.8) is 0 Å². The van der Waals surface area contributed by atoms with Gasteiger partial charge in [0.05, 0.1) is 30.0 Å². The molecule has 1 aliphatic heterocycles. The standard InChI is InChI=1S/C19H14FN5O2/c1-27-23-17-14-8-11(20)2-5-16(14)25-18(17)22-15-4-3-12(9-13(15)19(25)26)24-7-6-21-10-24/h2-10,17,23H,1H3. The van der Waals surface area contributed by atoms with Crippen LogP contribution >= 0.6 is 0 Å². The van der Waals surface area contributed by atoms with Gasteiger partial charge in [-0.1, -0.05) is 0 Å². The second-order valence-electron chi connectivity index (χ2n) is 6.24. The van der Waals surface area contributed by atoms with Crippen molar-refractivity contribution in [2.75, 3.05) is 7.11 Å². The Balaban J connectivity index is 1.80. The molecule has 4 aromatic rings. The number of rotatable bonds is 3. The zero-order chi connectivity index (χ0) is 18.5. The molecule has 0 amide bonds. The van der Waals surface area contributed by atoms with Crippen LogP contribution in [0.5, 0.6) is 0 Å². The van der Waals surface area contributed by atoms with Gasteiger partial charge >= 0.3 is 0 Å². The highest BCUT2D eigenvalue weighted by molar-refractivity contribution is 5.81. The van der Waals surface area contributed by atoms with E-state index in [9.17, 15) is 9.18 Å². The van der Waals surface area contributed by atoms with Crippen molar-refractivity contribution in [3.8, 4) is 11.4 Å². The number of aromatic nitrogens is 4. The Morgan fingerprint density at radius 2 is 2.11 bits per heavy atom. The van der Waals surface area contributed by atoms with E-state index in [2.05, 4.69) is 15.4 Å². The third-order valence-corrected chi connectivity index (χ3v) is 4.72. The van der Waals surface area contributed by atoms with Crippen LogP contribution in [0.1, 0.15) is 17.4 Å². The molecule has 134 valence electrons. The summed E-state index contributed by atoms with van der Waals surface area (Å²) in [5.74, 6) is 0.0785. The van der Waals surface area contributed by atoms with Crippen LogP contribution in [-0.4, -0.2) is 26.2 Å². The summed E-state index contributed by atoms with van der Waals surface area (Å²) >= 11 is 0. The monoisotopic (exact) mass is 363 g/mol. The van der Waals surface area contributed by atoms with Gasteiger partial charge < -0.3 is 9.40 Å². The summed E-state index contributed by atoms with van der Waals surface area (Å²) in [6.45, 7) is 0. The van der Waals surface area contributed by atoms with E-state index < -0.39 is 6.04 Å². The molecule has 0 spiro atoms. The number of halogens is 1. The lowest BCUT2D eigenvalue weighted by atomic mass is 10.1. The van der Waals surface area contributed by atoms with Crippen LogP contribution in [0.3, 0.4) is 0 Å². The van der Waals surface area contributed by atoms with Crippen LogP contribution in [0, 0.1) is 5.82 Å². The molecule has 0 aliphatic carbocycles. The highest BCUT2D eigenvalue weighted by Gasteiger charge is 2.32. The Labute approximate surface area is 152 Å². The van der Waals surface area contributed by atoms with Gasteiger partial charge in [0.2, 0.25) is 0 Å². The first kappa shape index (κ1) is 15.9. The van der Waals surface area contributed by atoms with Crippen molar-refractivity contribution in [3.05, 3.63) is 82.7 Å². The summed E-state index contributed by atoms with van der Waals surface area (Å²) in [4.78, 5) is 27.0. The Bertz CT molecular complexity index is 1230. The highest BCUT2D eigenvalue weighted by atomic mass is 19.1. The molecule has 27 heavy (non-hydrogen) atoms. The molecular formula is C19H14FN5O2. The van der Waals surface area contributed by atoms with Gasteiger partial charge in [-0.25, -0.2) is 14.4 Å². The van der Waals surface area contributed by atoms with Crippen molar-refractivity contribution in [1.82, 2.24) is 24.6 Å². The molecule has 7 nitrogen and oxygen atoms in total. The van der Waals surface area contributed by atoms with Crippen molar-refractivity contribution in [2.45, 2.75) is 6.04 Å². The Kier molecular flexibility index (Phi) is 3.43. The van der Waals surface area contributed by atoms with Gasteiger partial charge in [-0.15, -0.1) is 0 Å². The lowest BCUT2D eigenvalue weighted by Crippen LogP contribution is -2.25. The average molecular weight is 363 g/mol. The zero-order valence-electron chi connectivity index (χ0n) is 14.3. The van der Waals surface area contributed by atoms with Crippen LogP contribution in [0.15, 0.2) is 59.9 Å². The Morgan fingerprint density at radius 1 is 1.22 bits per heavy atom. The molecule has 1 aliphatic rings. The Morgan fingerprint density at radius 3 is 2.89 bits per heavy atom. The molecule has 0 bridgehead atoms. The number of hydroxylamine groups is 1. The van der Waals surface area contributed by atoms with E-state index in [0.717, 1.165) is 5.69 Å². The average Bonchev–Trinajstić information content (AvgIpc) is 3.30. The Hall–Kier alpha value is -3.36. The molecular weight excluding hydrogens is 349 g/mol. The first-order valence-electron chi connectivity index (χ1n) is 8.31. The van der Waals surface area contributed by atoms with Gasteiger partial charge in [0.1, 0.15) is 17.7 Å². The molecule has 0 saturated heterocycles. The molecule has 8 heteroatoms. The van der Waals surface area contributed by atoms with Gasteiger partial charge in [-0.2, -0.15) is 5.48 Å². The predicted octanol–water partition coefficient (Wildman–Crippen LogP) is 2.26. The van der Waals surface area contributed by atoms with Crippen LogP contribution < -0.4 is 11.0 Å². The molecule has 2 aromatic heterocycles. The summed E-state index contributed by atoms with van der Waals surface area (Å²) in [7, 11) is 1.47. The third kappa shape index (κ3) is 2.31. The maximum Gasteiger partial charge on any atom is 0.266 e. The van der Waals surface area contributed by atoms with Gasteiger partial charge in [0.25, 0.3) is 5.56 Å².